The van der Waals surface area contributed by atoms with Crippen molar-refractivity contribution in [3.8, 4) is 11.1 Å². The number of benzene rings is 6. The minimum Gasteiger partial charge on any atom is -0.440 e. The Kier molecular flexibility index (Phi) is 10.1. The Morgan fingerprint density at radius 1 is 0.436 bits per heavy atom. The van der Waals surface area contributed by atoms with Gasteiger partial charge in [-0.15, -0.1) is 0 Å². The molecule has 1 aromatic heterocycles. The molecule has 402 valence electrons. The molecule has 8 aliphatic rings. The first-order chi connectivity index (χ1) is 36.3. The zero-order valence-electron chi connectivity index (χ0n) is 50.9. The van der Waals surface area contributed by atoms with Gasteiger partial charge in [0.05, 0.1) is 5.69 Å². The van der Waals surface area contributed by atoms with E-state index in [0.717, 1.165) is 37.2 Å². The first kappa shape index (κ1) is 50.7. The lowest BCUT2D eigenvalue weighted by molar-refractivity contribution is 0.208. The summed E-state index contributed by atoms with van der Waals surface area (Å²) in [5, 5.41) is 1.28. The van der Waals surface area contributed by atoms with Crippen molar-refractivity contribution in [1.82, 2.24) is 0 Å². The number of anilines is 6. The summed E-state index contributed by atoms with van der Waals surface area (Å²) in [6.45, 7) is 44.6. The van der Waals surface area contributed by atoms with Gasteiger partial charge in [-0.05, 0) is 240 Å². The van der Waals surface area contributed by atoms with E-state index in [1.54, 1.807) is 5.56 Å². The van der Waals surface area contributed by atoms with Crippen LogP contribution >= 0.6 is 0 Å². The quantitative estimate of drug-likeness (QED) is 0.153. The van der Waals surface area contributed by atoms with Crippen LogP contribution in [0.25, 0.3) is 22.1 Å². The smallest absolute Gasteiger partial charge is 0.257 e. The van der Waals surface area contributed by atoms with Crippen LogP contribution in [0.15, 0.2) is 95.4 Å². The third kappa shape index (κ3) is 6.95. The topological polar surface area (TPSA) is 19.6 Å². The average molecular weight is 1030 g/mol. The molecule has 2 unspecified atom stereocenters. The molecule has 0 radical (unpaired) electrons. The number of nitrogens with zero attached hydrogens (tertiary/aromatic N) is 2. The number of furan rings is 1. The lowest BCUT2D eigenvalue weighted by Crippen LogP contribution is -2.61. The fourth-order valence-corrected chi connectivity index (χ4v) is 17.2. The molecule has 4 aliphatic carbocycles. The van der Waals surface area contributed by atoms with E-state index < -0.39 is 0 Å². The largest absolute Gasteiger partial charge is 0.440 e. The molecule has 0 N–H and O–H groups in total. The highest BCUT2D eigenvalue weighted by molar-refractivity contribution is 7.01. The van der Waals surface area contributed by atoms with Gasteiger partial charge in [0.1, 0.15) is 5.58 Å². The van der Waals surface area contributed by atoms with Gasteiger partial charge in [0.15, 0.2) is 0 Å². The van der Waals surface area contributed by atoms with Crippen molar-refractivity contribution in [3.05, 3.63) is 147 Å². The zero-order chi connectivity index (χ0) is 55.2. The van der Waals surface area contributed by atoms with Crippen LogP contribution < -0.4 is 26.2 Å². The molecule has 2 atom stereocenters. The van der Waals surface area contributed by atoms with Crippen LogP contribution in [0.2, 0.25) is 0 Å². The first-order valence-electron chi connectivity index (χ1n) is 30.3. The highest BCUT2D eigenvalue weighted by Crippen LogP contribution is 2.59. The fourth-order valence-electron chi connectivity index (χ4n) is 17.2. The van der Waals surface area contributed by atoms with E-state index in [0.29, 0.717) is 0 Å². The minimum atomic E-state index is -0.0682. The summed E-state index contributed by atoms with van der Waals surface area (Å²) < 4.78 is 7.91. The number of fused-ring (bicyclic) bond motifs is 7. The molecule has 7 bridgehead atoms. The minimum absolute atomic E-state index is 0.00384. The summed E-state index contributed by atoms with van der Waals surface area (Å²) in [6.07, 6.45) is 10.5. The highest BCUT2D eigenvalue weighted by Gasteiger charge is 2.52. The van der Waals surface area contributed by atoms with Crippen molar-refractivity contribution < 1.29 is 4.42 Å². The molecule has 4 aliphatic heterocycles. The van der Waals surface area contributed by atoms with Crippen molar-refractivity contribution in [1.29, 1.82) is 0 Å². The molecule has 78 heavy (non-hydrogen) atoms. The molecule has 15 rings (SSSR count). The molecule has 7 aromatic rings. The Bertz CT molecular complexity index is 3790. The Morgan fingerprint density at radius 3 is 1.59 bits per heavy atom. The molecule has 4 heteroatoms. The Morgan fingerprint density at radius 2 is 0.962 bits per heavy atom. The van der Waals surface area contributed by atoms with E-state index in [9.17, 15) is 0 Å². The molecule has 3 nitrogen and oxygen atoms in total. The predicted octanol–water partition coefficient (Wildman–Crippen LogP) is 18.5. The molecule has 0 amide bonds. The third-order valence-corrected chi connectivity index (χ3v) is 22.6. The fraction of sp³-hybridized carbons (Fsp3) is 0.486. The van der Waals surface area contributed by atoms with Crippen molar-refractivity contribution >= 4 is 68.4 Å². The summed E-state index contributed by atoms with van der Waals surface area (Å²) in [7, 11) is 0. The van der Waals surface area contributed by atoms with E-state index in [1.807, 2.05) is 0 Å². The standard InChI is InChI=1S/C74H87BN2O/c1-43-33-60-64-61(34-43)77-58-24-20-45(66(2,3)4)36-47(58)44-19-22-50-51(35-44)71(13,14)29-31-73(50,17)42-74(18)32-30-72(15,16)53-38-48-62(41-56(53)74)78-65(77)63(48)75(64)57-39-54-55(70(11,12)28-27-69(54,9)10)40-59(57)76(60)46-21-23-49-52(37-46)68(7,8)26-25-67(49,5)6/h19-24,33-41H,25-32,42H2,1-18H3. The second kappa shape index (κ2) is 15.5. The van der Waals surface area contributed by atoms with Crippen molar-refractivity contribution in [3.63, 3.8) is 0 Å². The Balaban J connectivity index is 1.15. The van der Waals surface area contributed by atoms with Crippen LogP contribution in [0.5, 0.6) is 0 Å². The van der Waals surface area contributed by atoms with E-state index in [1.165, 1.54) is 144 Å². The SMILES string of the molecule is Cc1cc2c3c(c1)N1c4ccc(C(C)(C)C)cc4-c4ccc5c(c4)C(C)(C)CCC5(C)CC4(C)CCC(C)(C)c5cc6c(c1oc6cc54)B3c1cc3c(cc1N2c1ccc2c(c1)C(C)(C)CCC2(C)C)C(C)(C)CCC3(C)C. The van der Waals surface area contributed by atoms with E-state index in [4.69, 9.17) is 4.42 Å². The van der Waals surface area contributed by atoms with Crippen molar-refractivity contribution in [2.75, 3.05) is 9.80 Å². The molecule has 0 fully saturated rings. The van der Waals surface area contributed by atoms with Crippen LogP contribution in [-0.2, 0) is 48.7 Å². The Labute approximate surface area is 469 Å². The number of hydrogen-bond acceptors (Lipinski definition) is 3. The van der Waals surface area contributed by atoms with Gasteiger partial charge in [-0.1, -0.05) is 154 Å². The summed E-state index contributed by atoms with van der Waals surface area (Å²) in [5.74, 6) is 0.973. The van der Waals surface area contributed by atoms with E-state index in [2.05, 4.69) is 225 Å². The van der Waals surface area contributed by atoms with Crippen LogP contribution in [0.3, 0.4) is 0 Å². The molecule has 5 heterocycles. The number of rotatable bonds is 1. The molecular weight excluding hydrogens is 944 g/mol. The van der Waals surface area contributed by atoms with Crippen LogP contribution in [-0.4, -0.2) is 6.71 Å². The van der Waals surface area contributed by atoms with Gasteiger partial charge >= 0.3 is 0 Å². The molecule has 0 spiro atoms. The maximum absolute atomic E-state index is 7.91. The second-order valence-electron chi connectivity index (χ2n) is 32.1. The maximum Gasteiger partial charge on any atom is 0.257 e. The first-order valence-corrected chi connectivity index (χ1v) is 30.3. The van der Waals surface area contributed by atoms with Crippen LogP contribution in [0.4, 0.5) is 34.3 Å². The van der Waals surface area contributed by atoms with Gasteiger partial charge in [0.2, 0.25) is 5.88 Å². The van der Waals surface area contributed by atoms with Crippen molar-refractivity contribution in [2.24, 2.45) is 0 Å². The zero-order valence-corrected chi connectivity index (χ0v) is 50.9. The van der Waals surface area contributed by atoms with Gasteiger partial charge in [0, 0.05) is 39.2 Å². The normalized spacial score (nSPS) is 24.7. The monoisotopic (exact) mass is 1030 g/mol. The van der Waals surface area contributed by atoms with Crippen LogP contribution in [0, 0.1) is 6.92 Å². The third-order valence-electron chi connectivity index (χ3n) is 22.6. The summed E-state index contributed by atoms with van der Waals surface area (Å²) in [4.78, 5) is 5.35. The van der Waals surface area contributed by atoms with E-state index in [-0.39, 0.29) is 55.4 Å². The lowest BCUT2D eigenvalue weighted by Gasteiger charge is -2.51. The summed E-state index contributed by atoms with van der Waals surface area (Å²) in [5.41, 5.74) is 28.8. The van der Waals surface area contributed by atoms with Crippen molar-refractivity contribution in [2.45, 2.75) is 231 Å². The lowest BCUT2D eigenvalue weighted by atomic mass is 9.33. The number of aryl methyl sites for hydroxylation is 1. The maximum atomic E-state index is 7.91. The van der Waals surface area contributed by atoms with Gasteiger partial charge in [-0.25, -0.2) is 0 Å². The molecule has 0 saturated carbocycles. The van der Waals surface area contributed by atoms with Gasteiger partial charge in [-0.3, -0.25) is 4.90 Å². The molecule has 6 aromatic carbocycles. The van der Waals surface area contributed by atoms with E-state index >= 15 is 0 Å². The number of hydrogen-bond donors (Lipinski definition) is 0. The summed E-state index contributed by atoms with van der Waals surface area (Å²) >= 11 is 0. The Hall–Kier alpha value is -5.48. The van der Waals surface area contributed by atoms with Gasteiger partial charge < -0.3 is 9.32 Å². The summed E-state index contributed by atoms with van der Waals surface area (Å²) in [6, 6.07) is 38.5. The average Bonchev–Trinajstić information content (AvgIpc) is 3.47. The van der Waals surface area contributed by atoms with Gasteiger partial charge in [-0.2, -0.15) is 0 Å². The second-order valence-corrected chi connectivity index (χ2v) is 32.1. The molecular formula is C74H87BN2O. The highest BCUT2D eigenvalue weighted by atomic mass is 16.4. The predicted molar refractivity (Wildman–Crippen MR) is 334 cm³/mol. The van der Waals surface area contributed by atoms with Gasteiger partial charge in [0.25, 0.3) is 6.71 Å². The molecule has 0 saturated heterocycles. The van der Waals surface area contributed by atoms with Crippen LogP contribution in [0.1, 0.15) is 231 Å².